The zero-order valence-electron chi connectivity index (χ0n) is 19.4. The summed E-state index contributed by atoms with van der Waals surface area (Å²) in [5.41, 5.74) is 2.11. The highest BCUT2D eigenvalue weighted by molar-refractivity contribution is 14.0. The Morgan fingerprint density at radius 1 is 1.26 bits per heavy atom. The molecule has 9 nitrogen and oxygen atoms in total. The minimum atomic E-state index is -3.29. The largest absolute Gasteiger partial charge is 0.378 e. The average Bonchev–Trinajstić information content (AvgIpc) is 3.02. The Kier molecular flexibility index (Phi) is 12.3. The predicted octanol–water partition coefficient (Wildman–Crippen LogP) is 2.18. The number of nitrogens with zero attached hydrogens (tertiary/aromatic N) is 4. The van der Waals surface area contributed by atoms with Crippen LogP contribution in [-0.2, 0) is 21.2 Å². The molecule has 1 N–H and O–H groups in total. The van der Waals surface area contributed by atoms with Gasteiger partial charge in [-0.1, -0.05) is 5.16 Å². The fourth-order valence-electron chi connectivity index (χ4n) is 3.42. The van der Waals surface area contributed by atoms with Gasteiger partial charge >= 0.3 is 0 Å². The first-order valence-electron chi connectivity index (χ1n) is 10.8. The van der Waals surface area contributed by atoms with Crippen LogP contribution in [0.2, 0.25) is 0 Å². The highest BCUT2D eigenvalue weighted by atomic mass is 127. The van der Waals surface area contributed by atoms with Gasteiger partial charge in [0.2, 0.25) is 10.0 Å². The first kappa shape index (κ1) is 28.1. The van der Waals surface area contributed by atoms with Crippen LogP contribution in [0.3, 0.4) is 0 Å². The van der Waals surface area contributed by atoms with Crippen molar-refractivity contribution in [1.29, 1.82) is 0 Å². The van der Waals surface area contributed by atoms with Crippen molar-refractivity contribution in [1.82, 2.24) is 19.7 Å². The van der Waals surface area contributed by atoms with Gasteiger partial charge in [0, 0.05) is 44.8 Å². The van der Waals surface area contributed by atoms with E-state index in [1.807, 2.05) is 34.6 Å². The molecule has 0 spiro atoms. The van der Waals surface area contributed by atoms with Crippen LogP contribution in [0.15, 0.2) is 9.52 Å². The zero-order chi connectivity index (χ0) is 22.1. The molecule has 2 rings (SSSR count). The topological polar surface area (TPSA) is 100 Å². The monoisotopic (exact) mass is 571 g/mol. The van der Waals surface area contributed by atoms with Crippen LogP contribution in [-0.4, -0.2) is 86.5 Å². The lowest BCUT2D eigenvalue weighted by molar-refractivity contribution is 0.0904. The SMILES string of the molecule is CCNC(=NCCCc1c(C)noc1C)N1CCN(S(=O)(=O)CCOC(C)C)CC1.I. The summed E-state index contributed by atoms with van der Waals surface area (Å²) < 4.78 is 37.2. The summed E-state index contributed by atoms with van der Waals surface area (Å²) in [6.07, 6.45) is 1.82. The summed E-state index contributed by atoms with van der Waals surface area (Å²) in [5, 5.41) is 7.32. The molecule has 0 amide bonds. The predicted molar refractivity (Wildman–Crippen MR) is 134 cm³/mol. The molecule has 1 fully saturated rings. The van der Waals surface area contributed by atoms with Crippen LogP contribution in [0.25, 0.3) is 0 Å². The number of sulfonamides is 1. The van der Waals surface area contributed by atoms with Crippen molar-refractivity contribution in [2.45, 2.75) is 53.6 Å². The quantitative estimate of drug-likeness (QED) is 0.199. The van der Waals surface area contributed by atoms with E-state index in [2.05, 4.69) is 15.4 Å². The molecule has 0 atom stereocenters. The lowest BCUT2D eigenvalue weighted by atomic mass is 10.1. The van der Waals surface area contributed by atoms with Crippen molar-refractivity contribution in [3.05, 3.63) is 17.0 Å². The van der Waals surface area contributed by atoms with Crippen LogP contribution in [0.4, 0.5) is 0 Å². The van der Waals surface area contributed by atoms with Crippen LogP contribution in [0, 0.1) is 13.8 Å². The number of hydrogen-bond donors (Lipinski definition) is 1. The molecule has 1 aromatic rings. The van der Waals surface area contributed by atoms with Crippen LogP contribution < -0.4 is 5.32 Å². The van der Waals surface area contributed by atoms with Crippen molar-refractivity contribution in [2.75, 3.05) is 51.6 Å². The van der Waals surface area contributed by atoms with Gasteiger partial charge in [-0.15, -0.1) is 24.0 Å². The third-order valence-corrected chi connectivity index (χ3v) is 6.92. The third-order valence-electron chi connectivity index (χ3n) is 5.09. The lowest BCUT2D eigenvalue weighted by Crippen LogP contribution is -2.54. The van der Waals surface area contributed by atoms with Gasteiger partial charge in [-0.25, -0.2) is 8.42 Å². The number of piperazine rings is 1. The Morgan fingerprint density at radius 2 is 1.94 bits per heavy atom. The highest BCUT2D eigenvalue weighted by Gasteiger charge is 2.28. The first-order valence-corrected chi connectivity index (χ1v) is 12.4. The van der Waals surface area contributed by atoms with E-state index >= 15 is 0 Å². The van der Waals surface area contributed by atoms with Crippen LogP contribution >= 0.6 is 24.0 Å². The first-order chi connectivity index (χ1) is 14.2. The Balaban J connectivity index is 0.00000480. The third kappa shape index (κ3) is 8.85. The number of ether oxygens (including phenoxy) is 1. The maximum Gasteiger partial charge on any atom is 0.216 e. The number of rotatable bonds is 10. The van der Waals surface area contributed by atoms with Gasteiger partial charge in [0.05, 0.1) is 24.2 Å². The maximum absolute atomic E-state index is 12.5. The fraction of sp³-hybridized carbons (Fsp3) is 0.800. The lowest BCUT2D eigenvalue weighted by Gasteiger charge is -2.36. The van der Waals surface area contributed by atoms with Crippen molar-refractivity contribution < 1.29 is 17.7 Å². The van der Waals surface area contributed by atoms with E-state index in [-0.39, 0.29) is 42.4 Å². The van der Waals surface area contributed by atoms with E-state index < -0.39 is 10.0 Å². The van der Waals surface area contributed by atoms with Gasteiger partial charge in [-0.3, -0.25) is 4.99 Å². The molecule has 1 aliphatic heterocycles. The molecule has 0 radical (unpaired) electrons. The molecule has 2 heterocycles. The maximum atomic E-state index is 12.5. The molecule has 1 saturated heterocycles. The Hall–Kier alpha value is -0.920. The number of hydrogen-bond acceptors (Lipinski definition) is 6. The average molecular weight is 572 g/mol. The molecule has 0 saturated carbocycles. The van der Waals surface area contributed by atoms with E-state index in [4.69, 9.17) is 14.3 Å². The molecule has 11 heteroatoms. The Morgan fingerprint density at radius 3 is 2.48 bits per heavy atom. The summed E-state index contributed by atoms with van der Waals surface area (Å²) >= 11 is 0. The summed E-state index contributed by atoms with van der Waals surface area (Å²) in [7, 11) is -3.29. The summed E-state index contributed by atoms with van der Waals surface area (Å²) in [6, 6.07) is 0. The van der Waals surface area contributed by atoms with Crippen molar-refractivity contribution in [3.63, 3.8) is 0 Å². The summed E-state index contributed by atoms with van der Waals surface area (Å²) in [4.78, 5) is 6.88. The van der Waals surface area contributed by atoms with Crippen LogP contribution in [0.5, 0.6) is 0 Å². The molecule has 0 aromatic carbocycles. The molecule has 31 heavy (non-hydrogen) atoms. The molecule has 0 bridgehead atoms. The zero-order valence-corrected chi connectivity index (χ0v) is 22.5. The number of nitrogens with one attached hydrogen (secondary N) is 1. The smallest absolute Gasteiger partial charge is 0.216 e. The second kappa shape index (κ2) is 13.6. The van der Waals surface area contributed by atoms with Gasteiger partial charge in [0.25, 0.3) is 0 Å². The van der Waals surface area contributed by atoms with E-state index in [9.17, 15) is 8.42 Å². The molecule has 0 aliphatic carbocycles. The normalized spacial score (nSPS) is 15.9. The second-order valence-electron chi connectivity index (χ2n) is 7.76. The van der Waals surface area contributed by atoms with Crippen LogP contribution in [0.1, 0.15) is 44.2 Å². The standard InChI is InChI=1S/C20H37N5O4S.HI/c1-6-21-20(22-9-7-8-19-17(4)23-29-18(19)5)24-10-12-25(13-11-24)30(26,27)15-14-28-16(2)3;/h16H,6-15H2,1-5H3,(H,21,22);1H. The number of aliphatic imine (C=N–C) groups is 1. The van der Waals surface area contributed by atoms with Gasteiger partial charge in [-0.05, 0) is 47.5 Å². The number of aryl methyl sites for hydroxylation is 2. The molecule has 0 unspecified atom stereocenters. The molecule has 1 aliphatic rings. The van der Waals surface area contributed by atoms with E-state index in [0.29, 0.717) is 32.7 Å². The van der Waals surface area contributed by atoms with E-state index in [0.717, 1.165) is 42.4 Å². The minimum absolute atomic E-state index is 0. The van der Waals surface area contributed by atoms with Crippen molar-refractivity contribution >= 4 is 40.0 Å². The number of guanidine groups is 1. The van der Waals surface area contributed by atoms with E-state index in [1.54, 1.807) is 4.31 Å². The molecule has 1 aromatic heterocycles. The van der Waals surface area contributed by atoms with E-state index in [1.165, 1.54) is 0 Å². The minimum Gasteiger partial charge on any atom is -0.378 e. The Bertz CT molecular complexity index is 770. The molecular weight excluding hydrogens is 533 g/mol. The fourth-order valence-corrected chi connectivity index (χ4v) is 4.71. The van der Waals surface area contributed by atoms with Gasteiger partial charge in [-0.2, -0.15) is 4.31 Å². The number of halogens is 1. The summed E-state index contributed by atoms with van der Waals surface area (Å²) in [6.45, 7) is 13.6. The second-order valence-corrected chi connectivity index (χ2v) is 9.85. The summed E-state index contributed by atoms with van der Waals surface area (Å²) in [5.74, 6) is 1.75. The Labute approximate surface area is 204 Å². The highest BCUT2D eigenvalue weighted by Crippen LogP contribution is 2.14. The van der Waals surface area contributed by atoms with Crippen molar-refractivity contribution in [2.24, 2.45) is 4.99 Å². The van der Waals surface area contributed by atoms with Crippen molar-refractivity contribution in [3.8, 4) is 0 Å². The van der Waals surface area contributed by atoms with Gasteiger partial charge in [0.1, 0.15) is 5.76 Å². The number of aromatic nitrogens is 1. The van der Waals surface area contributed by atoms with Gasteiger partial charge in [0.15, 0.2) is 5.96 Å². The van der Waals surface area contributed by atoms with Gasteiger partial charge < -0.3 is 19.5 Å². The molecule has 180 valence electrons. The molecular formula is C20H38IN5O4S.